The van der Waals surface area contributed by atoms with Crippen molar-refractivity contribution in [2.75, 3.05) is 0 Å². The first-order valence-electron chi connectivity index (χ1n) is 3.23. The van der Waals surface area contributed by atoms with Crippen LogP contribution in [0.3, 0.4) is 0 Å². The number of rotatable bonds is 2. The Balaban J connectivity index is 3.23. The molecule has 1 aromatic rings. The summed E-state index contributed by atoms with van der Waals surface area (Å²) in [6.45, 7) is 0. The highest BCUT2D eigenvalue weighted by atomic mass is 127. The van der Waals surface area contributed by atoms with Gasteiger partial charge in [-0.25, -0.2) is 4.79 Å². The molecule has 4 heteroatoms. The molecule has 0 heterocycles. The summed E-state index contributed by atoms with van der Waals surface area (Å²) in [4.78, 5) is 10.7. The monoisotopic (exact) mass is 340 g/mol. The van der Waals surface area contributed by atoms with Gasteiger partial charge in [-0.3, -0.25) is 0 Å². The number of halogens is 2. The largest absolute Gasteiger partial charge is 0.478 e. The summed E-state index contributed by atoms with van der Waals surface area (Å²) in [6.07, 6.45) is 0. The van der Waals surface area contributed by atoms with Crippen LogP contribution in [0.2, 0.25) is 0 Å². The number of carboxylic acid groups (broad SMARTS) is 1. The second-order valence-electron chi connectivity index (χ2n) is 2.22. The molecule has 0 fully saturated rings. The smallest absolute Gasteiger partial charge is 0.336 e. The fourth-order valence-electron chi connectivity index (χ4n) is 0.848. The van der Waals surface area contributed by atoms with Crippen LogP contribution in [-0.4, -0.2) is 11.1 Å². The van der Waals surface area contributed by atoms with Gasteiger partial charge in [-0.2, -0.15) is 0 Å². The summed E-state index contributed by atoms with van der Waals surface area (Å²) < 4.78 is 1.49. The molecule has 0 amide bonds. The molecule has 1 N–H and O–H groups in total. The van der Waals surface area contributed by atoms with Crippen molar-refractivity contribution < 1.29 is 9.90 Å². The number of carbonyl (C=O) groups is 1. The number of alkyl halides is 1. The maximum absolute atomic E-state index is 10.7. The van der Waals surface area contributed by atoms with Crippen molar-refractivity contribution in [3.8, 4) is 0 Å². The minimum atomic E-state index is -0.895. The molecule has 12 heavy (non-hydrogen) atoms. The molecule has 2 nitrogen and oxygen atoms in total. The zero-order valence-electron chi connectivity index (χ0n) is 6.05. The third kappa shape index (κ3) is 1.98. The lowest BCUT2D eigenvalue weighted by Gasteiger charge is -2.02. The number of hydrogen-bond donors (Lipinski definition) is 1. The molecule has 64 valence electrons. The van der Waals surface area contributed by atoms with E-state index in [0.717, 1.165) is 9.99 Å². The average molecular weight is 341 g/mol. The van der Waals surface area contributed by atoms with Gasteiger partial charge in [0, 0.05) is 8.90 Å². The molecular weight excluding hydrogens is 335 g/mol. The summed E-state index contributed by atoms with van der Waals surface area (Å²) in [5.74, 6) is -0.895. The maximum atomic E-state index is 10.7. The molecule has 0 bridgehead atoms. The molecule has 1 rings (SSSR count). The van der Waals surface area contributed by atoms with Gasteiger partial charge in [0.05, 0.1) is 5.56 Å². The van der Waals surface area contributed by atoms with E-state index in [-0.39, 0.29) is 0 Å². The van der Waals surface area contributed by atoms with Crippen LogP contribution in [0.4, 0.5) is 0 Å². The van der Waals surface area contributed by atoms with Gasteiger partial charge < -0.3 is 5.11 Å². The van der Waals surface area contributed by atoms with Gasteiger partial charge in [0.15, 0.2) is 0 Å². The Hall–Kier alpha value is -0.100. The van der Waals surface area contributed by atoms with Crippen molar-refractivity contribution in [3.63, 3.8) is 0 Å². The first-order valence-corrected chi connectivity index (χ1v) is 5.55. The molecule has 0 aromatic heterocycles. The van der Waals surface area contributed by atoms with Crippen molar-refractivity contribution in [2.24, 2.45) is 0 Å². The van der Waals surface area contributed by atoms with Crippen LogP contribution in [0.25, 0.3) is 0 Å². The summed E-state index contributed by atoms with van der Waals surface area (Å²) in [5, 5.41) is 8.75. The van der Waals surface area contributed by atoms with E-state index in [9.17, 15) is 4.79 Å². The van der Waals surface area contributed by atoms with Gasteiger partial charge in [0.2, 0.25) is 0 Å². The highest BCUT2D eigenvalue weighted by molar-refractivity contribution is 14.1. The van der Waals surface area contributed by atoms with E-state index in [4.69, 9.17) is 5.11 Å². The molecule has 0 spiro atoms. The van der Waals surface area contributed by atoms with Crippen molar-refractivity contribution in [1.29, 1.82) is 0 Å². The normalized spacial score (nSPS) is 9.83. The van der Waals surface area contributed by atoms with Crippen LogP contribution in [0.5, 0.6) is 0 Å². The third-order valence-corrected chi connectivity index (χ3v) is 3.21. The minimum Gasteiger partial charge on any atom is -0.478 e. The van der Waals surface area contributed by atoms with E-state index >= 15 is 0 Å². The molecule has 0 aliphatic carbocycles. The molecule has 0 aliphatic heterocycles. The number of hydrogen-bond acceptors (Lipinski definition) is 1. The lowest BCUT2D eigenvalue weighted by Crippen LogP contribution is -1.98. The van der Waals surface area contributed by atoms with Crippen molar-refractivity contribution in [1.82, 2.24) is 0 Å². The Morgan fingerprint density at radius 1 is 1.58 bits per heavy atom. The first kappa shape index (κ1) is 9.98. The predicted octanol–water partition coefficient (Wildman–Crippen LogP) is 3.08. The lowest BCUT2D eigenvalue weighted by atomic mass is 10.1. The van der Waals surface area contributed by atoms with E-state index in [1.54, 1.807) is 12.1 Å². The lowest BCUT2D eigenvalue weighted by molar-refractivity contribution is 0.0696. The van der Waals surface area contributed by atoms with Crippen molar-refractivity contribution >= 4 is 44.5 Å². The third-order valence-electron chi connectivity index (χ3n) is 1.45. The summed E-state index contributed by atoms with van der Waals surface area (Å²) in [7, 11) is 0. The molecule has 0 saturated carbocycles. The van der Waals surface area contributed by atoms with Crippen LogP contribution >= 0.6 is 38.5 Å². The molecule has 0 unspecified atom stereocenters. The van der Waals surface area contributed by atoms with Gasteiger partial charge >= 0.3 is 5.97 Å². The van der Waals surface area contributed by atoms with Crippen LogP contribution in [0, 0.1) is 0 Å². The van der Waals surface area contributed by atoms with E-state index in [0.29, 0.717) is 10.0 Å². The number of benzene rings is 1. The summed E-state index contributed by atoms with van der Waals surface area (Å²) >= 11 is 5.45. The number of aromatic carboxylic acids is 1. The SMILES string of the molecule is O=C(O)c1cccc(CI)c1Br. The molecular formula is C8H6BrIO2. The van der Waals surface area contributed by atoms with Crippen LogP contribution in [0.1, 0.15) is 15.9 Å². The van der Waals surface area contributed by atoms with Crippen LogP contribution < -0.4 is 0 Å². The Morgan fingerprint density at radius 2 is 2.25 bits per heavy atom. The van der Waals surface area contributed by atoms with Gasteiger partial charge in [0.25, 0.3) is 0 Å². The van der Waals surface area contributed by atoms with Crippen molar-refractivity contribution in [2.45, 2.75) is 4.43 Å². The molecule has 0 saturated heterocycles. The molecule has 0 radical (unpaired) electrons. The molecule has 0 aliphatic rings. The number of carboxylic acids is 1. The van der Waals surface area contributed by atoms with Crippen LogP contribution in [-0.2, 0) is 4.43 Å². The van der Waals surface area contributed by atoms with Gasteiger partial charge in [-0.1, -0.05) is 34.7 Å². The Morgan fingerprint density at radius 3 is 2.75 bits per heavy atom. The Bertz CT molecular complexity index is 312. The first-order chi connectivity index (χ1) is 5.66. The Kier molecular flexibility index (Phi) is 3.52. The second kappa shape index (κ2) is 4.23. The maximum Gasteiger partial charge on any atom is 0.336 e. The van der Waals surface area contributed by atoms with Gasteiger partial charge in [-0.15, -0.1) is 0 Å². The quantitative estimate of drug-likeness (QED) is 0.663. The Labute approximate surface area is 92.2 Å². The molecule has 0 atom stereocenters. The van der Waals surface area contributed by atoms with Crippen molar-refractivity contribution in [3.05, 3.63) is 33.8 Å². The summed E-state index contributed by atoms with van der Waals surface area (Å²) in [6, 6.07) is 5.24. The summed E-state index contributed by atoms with van der Waals surface area (Å²) in [5.41, 5.74) is 1.33. The minimum absolute atomic E-state index is 0.323. The predicted molar refractivity (Wildman–Crippen MR) is 58.8 cm³/mol. The van der Waals surface area contributed by atoms with Gasteiger partial charge in [-0.05, 0) is 27.6 Å². The van der Waals surface area contributed by atoms with Crippen LogP contribution in [0.15, 0.2) is 22.7 Å². The van der Waals surface area contributed by atoms with E-state index in [1.807, 2.05) is 6.07 Å². The van der Waals surface area contributed by atoms with E-state index < -0.39 is 5.97 Å². The zero-order chi connectivity index (χ0) is 9.14. The highest BCUT2D eigenvalue weighted by Gasteiger charge is 2.09. The van der Waals surface area contributed by atoms with Gasteiger partial charge in [0.1, 0.15) is 0 Å². The topological polar surface area (TPSA) is 37.3 Å². The average Bonchev–Trinajstić information content (AvgIpc) is 2.04. The molecule has 1 aromatic carbocycles. The van der Waals surface area contributed by atoms with E-state index in [2.05, 4.69) is 38.5 Å². The standard InChI is InChI=1S/C8H6BrIO2/c9-7-5(4-10)2-1-3-6(7)8(11)12/h1-3H,4H2,(H,11,12). The highest BCUT2D eigenvalue weighted by Crippen LogP contribution is 2.23. The fraction of sp³-hybridized carbons (Fsp3) is 0.125. The zero-order valence-corrected chi connectivity index (χ0v) is 9.79. The van der Waals surface area contributed by atoms with E-state index in [1.165, 1.54) is 0 Å². The second-order valence-corrected chi connectivity index (χ2v) is 3.77. The fourth-order valence-corrected chi connectivity index (χ4v) is 2.58.